The molecule has 0 aromatic rings. The first-order valence-electron chi connectivity index (χ1n) is 35.1. The van der Waals surface area contributed by atoms with Gasteiger partial charge in [0.05, 0.1) is 25.4 Å². The van der Waals surface area contributed by atoms with Gasteiger partial charge in [0.1, 0.15) is 24.4 Å². The molecule has 0 saturated carbocycles. The number of ether oxygens (including phenoxy) is 2. The first-order chi connectivity index (χ1) is 40.3. The highest BCUT2D eigenvalue weighted by molar-refractivity contribution is 5.76. The molecule has 6 N–H and O–H groups in total. The molecule has 0 aliphatic carbocycles. The van der Waals surface area contributed by atoms with E-state index in [1.807, 2.05) is 0 Å². The van der Waals surface area contributed by atoms with Crippen molar-refractivity contribution in [2.75, 3.05) is 13.2 Å². The van der Waals surface area contributed by atoms with Gasteiger partial charge in [0.2, 0.25) is 5.91 Å². The number of unbranched alkanes of at least 4 members (excludes halogenated alkanes) is 39. The fourth-order valence-corrected chi connectivity index (χ4v) is 11.1. The number of carbonyl (C=O) groups excluding carboxylic acids is 1. The van der Waals surface area contributed by atoms with Crippen molar-refractivity contribution in [3.63, 3.8) is 0 Å². The topological polar surface area (TPSA) is 149 Å². The van der Waals surface area contributed by atoms with Crippen LogP contribution in [0.5, 0.6) is 0 Å². The van der Waals surface area contributed by atoms with Gasteiger partial charge in [-0.1, -0.05) is 331 Å². The van der Waals surface area contributed by atoms with Crippen LogP contribution in [-0.4, -0.2) is 87.5 Å². The maximum atomic E-state index is 13.1. The Morgan fingerprint density at radius 2 is 0.756 bits per heavy atom. The Hall–Kier alpha value is -2.37. The number of aliphatic hydroxyl groups excluding tert-OH is 5. The summed E-state index contributed by atoms with van der Waals surface area (Å²) in [6, 6.07) is -0.721. The third-order valence-corrected chi connectivity index (χ3v) is 16.6. The molecule has 0 bridgehead atoms. The van der Waals surface area contributed by atoms with E-state index in [0.29, 0.717) is 12.8 Å². The van der Waals surface area contributed by atoms with E-state index in [1.54, 1.807) is 0 Å². The lowest BCUT2D eigenvalue weighted by Gasteiger charge is -2.40. The second-order valence-electron chi connectivity index (χ2n) is 24.3. The van der Waals surface area contributed by atoms with Gasteiger partial charge in [0.25, 0.3) is 0 Å². The van der Waals surface area contributed by atoms with E-state index in [4.69, 9.17) is 9.47 Å². The molecule has 82 heavy (non-hydrogen) atoms. The van der Waals surface area contributed by atoms with Gasteiger partial charge in [0, 0.05) is 6.42 Å². The molecule has 1 amide bonds. The van der Waals surface area contributed by atoms with Gasteiger partial charge in [-0.05, 0) is 64.2 Å². The third-order valence-electron chi connectivity index (χ3n) is 16.6. The lowest BCUT2D eigenvalue weighted by molar-refractivity contribution is -0.302. The van der Waals surface area contributed by atoms with Crippen LogP contribution < -0.4 is 5.32 Å². The lowest BCUT2D eigenvalue weighted by atomic mass is 9.99. The molecular formula is C73H133NO8. The van der Waals surface area contributed by atoms with Gasteiger partial charge in [0.15, 0.2) is 6.29 Å². The molecule has 1 saturated heterocycles. The monoisotopic (exact) mass is 1150 g/mol. The predicted octanol–water partition coefficient (Wildman–Crippen LogP) is 19.1. The minimum absolute atomic E-state index is 0.136. The summed E-state index contributed by atoms with van der Waals surface area (Å²) in [6.45, 7) is 3.76. The number of hydrogen-bond acceptors (Lipinski definition) is 8. The van der Waals surface area contributed by atoms with Crippen LogP contribution in [0.4, 0.5) is 0 Å². The van der Waals surface area contributed by atoms with Gasteiger partial charge in [-0.2, -0.15) is 0 Å². The average molecular weight is 1150 g/mol. The molecule has 0 aromatic carbocycles. The van der Waals surface area contributed by atoms with Gasteiger partial charge in [-0.15, -0.1) is 0 Å². The van der Waals surface area contributed by atoms with Crippen molar-refractivity contribution in [1.82, 2.24) is 5.32 Å². The van der Waals surface area contributed by atoms with Crippen LogP contribution >= 0.6 is 0 Å². The summed E-state index contributed by atoms with van der Waals surface area (Å²) in [6.07, 6.45) is 79.7. The van der Waals surface area contributed by atoms with Crippen molar-refractivity contribution in [2.45, 2.75) is 371 Å². The highest BCUT2D eigenvalue weighted by Crippen LogP contribution is 2.24. The number of carbonyl (C=O) groups is 1. The van der Waals surface area contributed by atoms with Gasteiger partial charge < -0.3 is 40.3 Å². The molecule has 9 heteroatoms. The Kier molecular flexibility index (Phi) is 58.4. The van der Waals surface area contributed by atoms with Crippen LogP contribution in [0.2, 0.25) is 0 Å². The number of amides is 1. The van der Waals surface area contributed by atoms with E-state index < -0.39 is 49.5 Å². The number of aliphatic hydroxyl groups is 5. The number of hydrogen-bond donors (Lipinski definition) is 6. The zero-order chi connectivity index (χ0) is 59.3. The fourth-order valence-electron chi connectivity index (χ4n) is 11.1. The summed E-state index contributed by atoms with van der Waals surface area (Å²) in [5.41, 5.74) is 0. The second-order valence-corrected chi connectivity index (χ2v) is 24.3. The number of allylic oxidation sites excluding steroid dienone is 12. The zero-order valence-corrected chi connectivity index (χ0v) is 53.5. The standard InChI is InChI=1S/C73H133NO8/c1-3-5-7-9-11-13-15-17-19-21-23-25-26-27-28-29-30-31-32-33-34-35-36-37-38-39-40-41-42-43-45-47-49-51-53-55-57-59-61-63-69(77)74-66(65-81-73-72(80)71(79)70(78)68(64-75)82-73)67(76)62-60-58-56-54-52-50-48-46-44-24-22-20-18-16-14-12-10-8-6-4-2/h5,7,11,13,17,19,23,25,27-28,30-31,66-68,70-73,75-76,78-80H,3-4,6,8-10,12,14-16,18,20-22,24,26,29,32-65H2,1-2H3,(H,74,77)/b7-5-,13-11-,19-17-,25-23-,28-27-,31-30-. The SMILES string of the molecule is CC/C=C\C/C=C\C/C=C\C/C=C\C/C=C\C/C=C\CCCCCCCCCCCCCCCCCCCCCCC(=O)NC(COC1OC(CO)C(O)C(O)C1O)C(O)CCCCCCCCCCCCCCCCCCCCCC. The summed E-state index contributed by atoms with van der Waals surface area (Å²) >= 11 is 0. The molecule has 0 aromatic heterocycles. The Morgan fingerprint density at radius 1 is 0.427 bits per heavy atom. The molecule has 9 nitrogen and oxygen atoms in total. The second kappa shape index (κ2) is 61.7. The van der Waals surface area contributed by atoms with Gasteiger partial charge in [-0.3, -0.25) is 4.79 Å². The van der Waals surface area contributed by atoms with Crippen molar-refractivity contribution in [3.05, 3.63) is 72.9 Å². The largest absolute Gasteiger partial charge is 0.394 e. The minimum atomic E-state index is -1.55. The van der Waals surface area contributed by atoms with E-state index >= 15 is 0 Å². The Labute approximate surface area is 506 Å². The van der Waals surface area contributed by atoms with Crippen molar-refractivity contribution < 1.29 is 39.8 Å². The molecule has 1 rings (SSSR count). The Morgan fingerprint density at radius 3 is 1.12 bits per heavy atom. The van der Waals surface area contributed by atoms with E-state index in [2.05, 4.69) is 92.1 Å². The summed E-state index contributed by atoms with van der Waals surface area (Å²) in [7, 11) is 0. The van der Waals surface area contributed by atoms with Crippen LogP contribution in [0.15, 0.2) is 72.9 Å². The highest BCUT2D eigenvalue weighted by atomic mass is 16.7. The maximum absolute atomic E-state index is 13.1. The average Bonchev–Trinajstić information content (AvgIpc) is 3.52. The minimum Gasteiger partial charge on any atom is -0.394 e. The quantitative estimate of drug-likeness (QED) is 0.0261. The summed E-state index contributed by atoms with van der Waals surface area (Å²) in [4.78, 5) is 13.1. The first kappa shape index (κ1) is 77.6. The molecule has 1 aliphatic rings. The highest BCUT2D eigenvalue weighted by Gasteiger charge is 2.44. The normalized spacial score (nSPS) is 18.7. The predicted molar refractivity (Wildman–Crippen MR) is 350 cm³/mol. The summed E-state index contributed by atoms with van der Waals surface area (Å²) in [5.74, 6) is -0.139. The molecule has 7 unspecified atom stereocenters. The molecule has 1 heterocycles. The number of nitrogens with one attached hydrogen (secondary N) is 1. The Bertz CT molecular complexity index is 1520. The van der Waals surface area contributed by atoms with Crippen LogP contribution in [0, 0.1) is 0 Å². The van der Waals surface area contributed by atoms with E-state index in [1.165, 1.54) is 225 Å². The molecule has 1 fully saturated rings. The summed E-state index contributed by atoms with van der Waals surface area (Å²) < 4.78 is 11.4. The van der Waals surface area contributed by atoms with E-state index in [0.717, 1.165) is 77.0 Å². The smallest absolute Gasteiger partial charge is 0.220 e. The zero-order valence-electron chi connectivity index (χ0n) is 53.5. The molecule has 0 radical (unpaired) electrons. The number of rotatable bonds is 61. The maximum Gasteiger partial charge on any atom is 0.220 e. The third kappa shape index (κ3) is 49.8. The van der Waals surface area contributed by atoms with Crippen molar-refractivity contribution in [3.8, 4) is 0 Å². The lowest BCUT2D eigenvalue weighted by Crippen LogP contribution is -2.60. The van der Waals surface area contributed by atoms with Crippen molar-refractivity contribution in [2.24, 2.45) is 0 Å². The molecule has 1 aliphatic heterocycles. The van der Waals surface area contributed by atoms with Crippen molar-refractivity contribution in [1.29, 1.82) is 0 Å². The van der Waals surface area contributed by atoms with Crippen LogP contribution in [0.3, 0.4) is 0 Å². The van der Waals surface area contributed by atoms with Crippen molar-refractivity contribution >= 4 is 5.91 Å². The van der Waals surface area contributed by atoms with Crippen LogP contribution in [0.25, 0.3) is 0 Å². The Balaban J connectivity index is 2.07. The molecule has 7 atom stereocenters. The molecule has 478 valence electrons. The van der Waals surface area contributed by atoms with Crippen LogP contribution in [0.1, 0.15) is 328 Å². The van der Waals surface area contributed by atoms with Gasteiger partial charge >= 0.3 is 0 Å². The molecular weight excluding hydrogens is 1020 g/mol. The van der Waals surface area contributed by atoms with E-state index in [-0.39, 0.29) is 12.5 Å². The van der Waals surface area contributed by atoms with E-state index in [9.17, 15) is 30.3 Å². The van der Waals surface area contributed by atoms with Gasteiger partial charge in [-0.25, -0.2) is 0 Å². The molecule has 0 spiro atoms. The summed E-state index contributed by atoms with van der Waals surface area (Å²) in [5, 5.41) is 54.9. The van der Waals surface area contributed by atoms with Crippen LogP contribution in [-0.2, 0) is 14.3 Å². The fraction of sp³-hybridized carbons (Fsp3) is 0.822. The first-order valence-corrected chi connectivity index (χ1v) is 35.1.